The molecule has 1 aromatic rings. The quantitative estimate of drug-likeness (QED) is 0.403. The number of likely N-dealkylation sites (N-methyl/N-ethyl adjacent to an activating group) is 1. The Kier molecular flexibility index (Phi) is 9.31. The number of guanidine groups is 1. The van der Waals surface area contributed by atoms with E-state index in [0.29, 0.717) is 18.0 Å². The number of carbonyl (C=O) groups excluding carboxylic acids is 1. The van der Waals surface area contributed by atoms with Gasteiger partial charge in [-0.25, -0.2) is 4.99 Å². The molecular weight excluding hydrogens is 399 g/mol. The van der Waals surface area contributed by atoms with E-state index in [4.69, 9.17) is 15.2 Å². The fourth-order valence-corrected chi connectivity index (χ4v) is 1.54. The Hall–Kier alpha value is -1.71. The summed E-state index contributed by atoms with van der Waals surface area (Å²) in [5.74, 6) is 1.45. The van der Waals surface area contributed by atoms with E-state index in [1.807, 2.05) is 18.2 Å². The lowest BCUT2D eigenvalue weighted by atomic mass is 10.2. The van der Waals surface area contributed by atoms with Crippen molar-refractivity contribution >= 4 is 35.8 Å². The van der Waals surface area contributed by atoms with Crippen LogP contribution in [0.25, 0.3) is 0 Å². The van der Waals surface area contributed by atoms with Gasteiger partial charge < -0.3 is 25.4 Å². The van der Waals surface area contributed by atoms with E-state index in [0.717, 1.165) is 5.56 Å². The van der Waals surface area contributed by atoms with E-state index in [-0.39, 0.29) is 42.4 Å². The van der Waals surface area contributed by atoms with E-state index >= 15 is 0 Å². The van der Waals surface area contributed by atoms with Crippen LogP contribution in [0.2, 0.25) is 0 Å². The van der Waals surface area contributed by atoms with Gasteiger partial charge >= 0.3 is 0 Å². The van der Waals surface area contributed by atoms with Crippen LogP contribution in [0.4, 0.5) is 0 Å². The van der Waals surface area contributed by atoms with Gasteiger partial charge in [0.1, 0.15) is 0 Å². The van der Waals surface area contributed by atoms with Crippen molar-refractivity contribution in [3.05, 3.63) is 23.8 Å². The van der Waals surface area contributed by atoms with Crippen molar-refractivity contribution in [3.8, 4) is 11.5 Å². The molecule has 0 aliphatic carbocycles. The lowest BCUT2D eigenvalue weighted by molar-refractivity contribution is -0.127. The number of methoxy groups -OCH3 is 2. The summed E-state index contributed by atoms with van der Waals surface area (Å²) in [5, 5.41) is 2.77. The average molecular weight is 422 g/mol. The lowest BCUT2D eigenvalue weighted by Crippen LogP contribution is -2.40. The number of rotatable bonds is 6. The number of hydrogen-bond donors (Lipinski definition) is 2. The third-order valence-electron chi connectivity index (χ3n) is 2.80. The highest BCUT2D eigenvalue weighted by Gasteiger charge is 2.05. The van der Waals surface area contributed by atoms with Gasteiger partial charge in [0, 0.05) is 14.1 Å². The molecule has 0 aromatic heterocycles. The molecule has 0 saturated heterocycles. The molecule has 0 saturated carbocycles. The SMILES string of the molecule is COc1ccc(CN=C(N)NCC(=O)N(C)C)cc1OC.I. The molecule has 3 N–H and O–H groups in total. The minimum absolute atomic E-state index is 0. The largest absolute Gasteiger partial charge is 0.493 e. The highest BCUT2D eigenvalue weighted by Crippen LogP contribution is 2.27. The Balaban J connectivity index is 0.00000441. The summed E-state index contributed by atoms with van der Waals surface area (Å²) in [6.07, 6.45) is 0. The highest BCUT2D eigenvalue weighted by atomic mass is 127. The summed E-state index contributed by atoms with van der Waals surface area (Å²) in [6, 6.07) is 5.52. The molecule has 0 atom stereocenters. The first-order valence-electron chi connectivity index (χ1n) is 6.42. The van der Waals surface area contributed by atoms with E-state index in [9.17, 15) is 4.79 Å². The van der Waals surface area contributed by atoms with Crippen molar-refractivity contribution in [2.24, 2.45) is 10.7 Å². The van der Waals surface area contributed by atoms with Crippen molar-refractivity contribution < 1.29 is 14.3 Å². The molecule has 7 nitrogen and oxygen atoms in total. The maximum Gasteiger partial charge on any atom is 0.241 e. The number of benzene rings is 1. The van der Waals surface area contributed by atoms with Crippen molar-refractivity contribution in [1.82, 2.24) is 10.2 Å². The number of aliphatic imine (C=N–C) groups is 1. The topological polar surface area (TPSA) is 89.2 Å². The van der Waals surface area contributed by atoms with Crippen LogP contribution in [-0.4, -0.2) is 51.6 Å². The molecule has 22 heavy (non-hydrogen) atoms. The van der Waals surface area contributed by atoms with Gasteiger partial charge in [-0.1, -0.05) is 6.07 Å². The maximum absolute atomic E-state index is 11.4. The molecule has 0 unspecified atom stereocenters. The molecular formula is C14H23IN4O3. The number of ether oxygens (including phenoxy) is 2. The fraction of sp³-hybridized carbons (Fsp3) is 0.429. The number of amides is 1. The molecule has 0 aliphatic rings. The minimum atomic E-state index is -0.0701. The van der Waals surface area contributed by atoms with Crippen molar-refractivity contribution in [2.45, 2.75) is 6.54 Å². The molecule has 1 aromatic carbocycles. The van der Waals surface area contributed by atoms with Crippen LogP contribution < -0.4 is 20.5 Å². The number of hydrogen-bond acceptors (Lipinski definition) is 4. The van der Waals surface area contributed by atoms with Crippen LogP contribution in [0.5, 0.6) is 11.5 Å². The molecule has 8 heteroatoms. The Morgan fingerprint density at radius 2 is 1.91 bits per heavy atom. The summed E-state index contributed by atoms with van der Waals surface area (Å²) >= 11 is 0. The zero-order valence-corrected chi connectivity index (χ0v) is 15.6. The van der Waals surface area contributed by atoms with Gasteiger partial charge in [0.25, 0.3) is 0 Å². The Labute approximate surface area is 147 Å². The molecule has 0 aliphatic heterocycles. The Morgan fingerprint density at radius 3 is 2.45 bits per heavy atom. The molecule has 124 valence electrons. The minimum Gasteiger partial charge on any atom is -0.493 e. The normalized spacial score (nSPS) is 10.5. The highest BCUT2D eigenvalue weighted by molar-refractivity contribution is 14.0. The third-order valence-corrected chi connectivity index (χ3v) is 2.80. The fourth-order valence-electron chi connectivity index (χ4n) is 1.54. The van der Waals surface area contributed by atoms with Gasteiger partial charge in [-0.3, -0.25) is 4.79 Å². The van der Waals surface area contributed by atoms with Gasteiger partial charge in [-0.15, -0.1) is 24.0 Å². The van der Waals surface area contributed by atoms with Gasteiger partial charge in [0.15, 0.2) is 17.5 Å². The van der Waals surface area contributed by atoms with Gasteiger partial charge in [-0.2, -0.15) is 0 Å². The monoisotopic (exact) mass is 422 g/mol. The number of carbonyl (C=O) groups is 1. The summed E-state index contributed by atoms with van der Waals surface area (Å²) in [5.41, 5.74) is 6.64. The van der Waals surface area contributed by atoms with Crippen molar-refractivity contribution in [1.29, 1.82) is 0 Å². The summed E-state index contributed by atoms with van der Waals surface area (Å²) in [4.78, 5) is 17.1. The van der Waals surface area contributed by atoms with E-state index in [2.05, 4.69) is 10.3 Å². The second-order valence-electron chi connectivity index (χ2n) is 4.53. The predicted molar refractivity (Wildman–Crippen MR) is 97.0 cm³/mol. The zero-order chi connectivity index (χ0) is 15.8. The predicted octanol–water partition coefficient (Wildman–Crippen LogP) is 0.814. The molecule has 0 heterocycles. The molecule has 1 rings (SSSR count). The number of nitrogens with zero attached hydrogens (tertiary/aromatic N) is 2. The van der Waals surface area contributed by atoms with E-state index in [1.54, 1.807) is 28.3 Å². The third kappa shape index (κ3) is 6.37. The Morgan fingerprint density at radius 1 is 1.27 bits per heavy atom. The smallest absolute Gasteiger partial charge is 0.241 e. The first-order chi connectivity index (χ1) is 9.97. The van der Waals surface area contributed by atoms with Crippen molar-refractivity contribution in [2.75, 3.05) is 34.9 Å². The van der Waals surface area contributed by atoms with E-state index < -0.39 is 0 Å². The summed E-state index contributed by atoms with van der Waals surface area (Å²) < 4.78 is 10.4. The second-order valence-corrected chi connectivity index (χ2v) is 4.53. The standard InChI is InChI=1S/C14H22N4O3.HI/c1-18(2)13(19)9-17-14(15)16-8-10-5-6-11(20-3)12(7-10)21-4;/h5-7H,8-9H2,1-4H3,(H3,15,16,17);1H. The number of nitrogens with two attached hydrogens (primary N) is 1. The van der Waals surface area contributed by atoms with Crippen molar-refractivity contribution in [3.63, 3.8) is 0 Å². The van der Waals surface area contributed by atoms with Gasteiger partial charge in [0.2, 0.25) is 5.91 Å². The Bertz CT molecular complexity index is 521. The first kappa shape index (κ1) is 20.3. The van der Waals surface area contributed by atoms with Gasteiger partial charge in [0.05, 0.1) is 27.3 Å². The van der Waals surface area contributed by atoms with Crippen LogP contribution in [0.3, 0.4) is 0 Å². The van der Waals surface area contributed by atoms with Gasteiger partial charge in [-0.05, 0) is 17.7 Å². The number of nitrogens with one attached hydrogen (secondary N) is 1. The average Bonchev–Trinajstić information content (AvgIpc) is 2.49. The van der Waals surface area contributed by atoms with Crippen LogP contribution in [-0.2, 0) is 11.3 Å². The zero-order valence-electron chi connectivity index (χ0n) is 13.3. The maximum atomic E-state index is 11.4. The molecule has 0 fully saturated rings. The lowest BCUT2D eigenvalue weighted by Gasteiger charge is -2.11. The first-order valence-corrected chi connectivity index (χ1v) is 6.42. The molecule has 0 bridgehead atoms. The summed E-state index contributed by atoms with van der Waals surface area (Å²) in [7, 11) is 6.52. The van der Waals surface area contributed by atoms with Crippen LogP contribution in [0.1, 0.15) is 5.56 Å². The molecule has 0 radical (unpaired) electrons. The van der Waals surface area contributed by atoms with Crippen LogP contribution in [0, 0.1) is 0 Å². The molecule has 0 spiro atoms. The van der Waals surface area contributed by atoms with Crippen LogP contribution in [0.15, 0.2) is 23.2 Å². The second kappa shape index (κ2) is 10.1. The molecule has 1 amide bonds. The number of halogens is 1. The van der Waals surface area contributed by atoms with Crippen LogP contribution >= 0.6 is 24.0 Å². The van der Waals surface area contributed by atoms with E-state index in [1.165, 1.54) is 4.90 Å². The summed E-state index contributed by atoms with van der Waals surface area (Å²) in [6.45, 7) is 0.504.